The van der Waals surface area contributed by atoms with Crippen molar-refractivity contribution in [1.29, 1.82) is 0 Å². The van der Waals surface area contributed by atoms with E-state index in [1.165, 1.54) is 0 Å². The summed E-state index contributed by atoms with van der Waals surface area (Å²) in [6.07, 6.45) is 5.71. The van der Waals surface area contributed by atoms with Gasteiger partial charge in [0.25, 0.3) is 0 Å². The molecule has 20 heavy (non-hydrogen) atoms. The maximum absolute atomic E-state index is 11.8. The summed E-state index contributed by atoms with van der Waals surface area (Å²) in [6.45, 7) is 0.317. The maximum Gasteiger partial charge on any atom is 0.239 e. The van der Waals surface area contributed by atoms with Crippen LogP contribution in [0.5, 0.6) is 0 Å². The Hall–Kier alpha value is -2.30. The van der Waals surface area contributed by atoms with Gasteiger partial charge in [-0.1, -0.05) is 6.07 Å². The Balaban J connectivity index is 1.81. The SMILES string of the molecule is CN(CC(=O)NC1CC1)c1ccc2cnccc2c1N. The lowest BCUT2D eigenvalue weighted by molar-refractivity contribution is -0.119. The van der Waals surface area contributed by atoms with Gasteiger partial charge in [0.1, 0.15) is 0 Å². The molecule has 2 aromatic rings. The van der Waals surface area contributed by atoms with Crippen LogP contribution in [0, 0.1) is 0 Å². The minimum absolute atomic E-state index is 0.0456. The van der Waals surface area contributed by atoms with Crippen molar-refractivity contribution in [1.82, 2.24) is 10.3 Å². The molecular formula is C15H18N4O. The minimum atomic E-state index is 0.0456. The summed E-state index contributed by atoms with van der Waals surface area (Å²) < 4.78 is 0. The molecule has 3 N–H and O–H groups in total. The van der Waals surface area contributed by atoms with Crippen molar-refractivity contribution in [2.24, 2.45) is 0 Å². The molecule has 0 aliphatic heterocycles. The monoisotopic (exact) mass is 270 g/mol. The third-order valence-electron chi connectivity index (χ3n) is 3.57. The number of pyridine rings is 1. The van der Waals surface area contributed by atoms with Crippen LogP contribution in [0.4, 0.5) is 11.4 Å². The fourth-order valence-electron chi connectivity index (χ4n) is 2.32. The summed E-state index contributed by atoms with van der Waals surface area (Å²) in [5.74, 6) is 0.0456. The lowest BCUT2D eigenvalue weighted by Gasteiger charge is -2.21. The highest BCUT2D eigenvalue weighted by Crippen LogP contribution is 2.30. The van der Waals surface area contributed by atoms with Crippen LogP contribution >= 0.6 is 0 Å². The lowest BCUT2D eigenvalue weighted by Crippen LogP contribution is -2.36. The van der Waals surface area contributed by atoms with Gasteiger partial charge in [0.15, 0.2) is 0 Å². The smallest absolute Gasteiger partial charge is 0.239 e. The quantitative estimate of drug-likeness (QED) is 0.827. The summed E-state index contributed by atoms with van der Waals surface area (Å²) in [5.41, 5.74) is 7.76. The molecule has 1 fully saturated rings. The Morgan fingerprint density at radius 3 is 3.00 bits per heavy atom. The Morgan fingerprint density at radius 2 is 2.25 bits per heavy atom. The third-order valence-corrected chi connectivity index (χ3v) is 3.57. The lowest BCUT2D eigenvalue weighted by atomic mass is 10.1. The van der Waals surface area contributed by atoms with Crippen LogP contribution in [0.3, 0.4) is 0 Å². The molecule has 0 saturated heterocycles. The van der Waals surface area contributed by atoms with E-state index in [2.05, 4.69) is 10.3 Å². The normalized spacial score (nSPS) is 14.2. The average molecular weight is 270 g/mol. The first-order chi connectivity index (χ1) is 9.65. The molecule has 1 aromatic carbocycles. The van der Waals surface area contributed by atoms with E-state index in [-0.39, 0.29) is 5.91 Å². The summed E-state index contributed by atoms with van der Waals surface area (Å²) in [6, 6.07) is 6.19. The number of amides is 1. The zero-order valence-corrected chi connectivity index (χ0v) is 11.5. The van der Waals surface area contributed by atoms with Gasteiger partial charge in [-0.3, -0.25) is 9.78 Å². The van der Waals surface area contributed by atoms with Crippen molar-refractivity contribution in [2.45, 2.75) is 18.9 Å². The summed E-state index contributed by atoms with van der Waals surface area (Å²) in [5, 5.41) is 4.95. The highest BCUT2D eigenvalue weighted by molar-refractivity contribution is 5.99. The van der Waals surface area contributed by atoms with Crippen molar-refractivity contribution >= 4 is 28.1 Å². The molecule has 5 nitrogen and oxygen atoms in total. The molecule has 1 heterocycles. The van der Waals surface area contributed by atoms with Gasteiger partial charge in [0.05, 0.1) is 17.9 Å². The molecule has 1 aliphatic rings. The number of aromatic nitrogens is 1. The molecule has 5 heteroatoms. The Bertz CT molecular complexity index is 651. The number of nitrogen functional groups attached to an aromatic ring is 1. The molecule has 0 spiro atoms. The molecule has 0 atom stereocenters. The zero-order valence-electron chi connectivity index (χ0n) is 11.5. The fourth-order valence-corrected chi connectivity index (χ4v) is 2.32. The number of nitrogens with two attached hydrogens (primary N) is 1. The molecule has 1 saturated carbocycles. The average Bonchev–Trinajstić information content (AvgIpc) is 3.23. The van der Waals surface area contributed by atoms with Crippen LogP contribution in [-0.2, 0) is 4.79 Å². The number of benzene rings is 1. The molecule has 1 amide bonds. The number of likely N-dealkylation sites (N-methyl/N-ethyl adjacent to an activating group) is 1. The minimum Gasteiger partial charge on any atom is -0.397 e. The van der Waals surface area contributed by atoms with Crippen molar-refractivity contribution in [3.63, 3.8) is 0 Å². The standard InChI is InChI=1S/C15H18N4O/c1-19(9-14(20)18-11-3-4-11)13-5-2-10-8-17-7-6-12(10)15(13)16/h2,5-8,11H,3-4,9,16H2,1H3,(H,18,20). The van der Waals surface area contributed by atoms with E-state index in [1.54, 1.807) is 12.4 Å². The first kappa shape index (κ1) is 12.7. The number of fused-ring (bicyclic) bond motifs is 1. The Morgan fingerprint density at radius 1 is 1.45 bits per heavy atom. The molecule has 0 radical (unpaired) electrons. The number of anilines is 2. The number of hydrogen-bond donors (Lipinski definition) is 2. The molecule has 0 bridgehead atoms. The van der Waals surface area contributed by atoms with Crippen LogP contribution in [0.25, 0.3) is 10.8 Å². The number of carbonyl (C=O) groups is 1. The van der Waals surface area contributed by atoms with Crippen molar-refractivity contribution in [3.8, 4) is 0 Å². The molecule has 3 rings (SSSR count). The second kappa shape index (κ2) is 5.00. The Labute approximate surface area is 117 Å². The van der Waals surface area contributed by atoms with Gasteiger partial charge in [0, 0.05) is 36.3 Å². The number of nitrogens with zero attached hydrogens (tertiary/aromatic N) is 2. The molecule has 1 aromatic heterocycles. The van der Waals surface area contributed by atoms with E-state index < -0.39 is 0 Å². The first-order valence-electron chi connectivity index (χ1n) is 6.78. The highest BCUT2D eigenvalue weighted by atomic mass is 16.2. The van der Waals surface area contributed by atoms with E-state index >= 15 is 0 Å². The van der Waals surface area contributed by atoms with E-state index in [1.807, 2.05) is 30.1 Å². The predicted octanol–water partition coefficient (Wildman–Crippen LogP) is 1.53. The number of hydrogen-bond acceptors (Lipinski definition) is 4. The topological polar surface area (TPSA) is 71.2 Å². The van der Waals surface area contributed by atoms with Gasteiger partial charge in [-0.25, -0.2) is 0 Å². The van der Waals surface area contributed by atoms with Crippen LogP contribution in [0.1, 0.15) is 12.8 Å². The molecule has 104 valence electrons. The van der Waals surface area contributed by atoms with Crippen LogP contribution in [-0.4, -0.2) is 30.5 Å². The van der Waals surface area contributed by atoms with Crippen molar-refractivity contribution < 1.29 is 4.79 Å². The number of rotatable bonds is 4. The highest BCUT2D eigenvalue weighted by Gasteiger charge is 2.23. The maximum atomic E-state index is 11.8. The van der Waals surface area contributed by atoms with Gasteiger partial charge in [-0.2, -0.15) is 0 Å². The van der Waals surface area contributed by atoms with Crippen molar-refractivity contribution in [2.75, 3.05) is 24.2 Å². The second-order valence-electron chi connectivity index (χ2n) is 5.29. The third kappa shape index (κ3) is 2.52. The van der Waals surface area contributed by atoms with Gasteiger partial charge in [-0.15, -0.1) is 0 Å². The predicted molar refractivity (Wildman–Crippen MR) is 80.6 cm³/mol. The van der Waals surface area contributed by atoms with Gasteiger partial charge >= 0.3 is 0 Å². The zero-order chi connectivity index (χ0) is 14.1. The number of nitrogens with one attached hydrogen (secondary N) is 1. The van der Waals surface area contributed by atoms with Crippen LogP contribution < -0.4 is 16.0 Å². The summed E-state index contributed by atoms with van der Waals surface area (Å²) >= 11 is 0. The van der Waals surface area contributed by atoms with E-state index in [9.17, 15) is 4.79 Å². The van der Waals surface area contributed by atoms with E-state index in [4.69, 9.17) is 5.73 Å². The molecule has 1 aliphatic carbocycles. The summed E-state index contributed by atoms with van der Waals surface area (Å²) in [7, 11) is 1.88. The molecule has 0 unspecified atom stereocenters. The van der Waals surface area contributed by atoms with Crippen LogP contribution in [0.15, 0.2) is 30.6 Å². The fraction of sp³-hybridized carbons (Fsp3) is 0.333. The second-order valence-corrected chi connectivity index (χ2v) is 5.29. The van der Waals surface area contributed by atoms with Gasteiger partial charge in [0.2, 0.25) is 5.91 Å². The molecular weight excluding hydrogens is 252 g/mol. The Kier molecular flexibility index (Phi) is 3.18. The van der Waals surface area contributed by atoms with E-state index in [0.717, 1.165) is 29.3 Å². The van der Waals surface area contributed by atoms with Crippen molar-refractivity contribution in [3.05, 3.63) is 30.6 Å². The van der Waals surface area contributed by atoms with Crippen LogP contribution in [0.2, 0.25) is 0 Å². The van der Waals surface area contributed by atoms with E-state index in [0.29, 0.717) is 18.3 Å². The number of carbonyl (C=O) groups excluding carboxylic acids is 1. The van der Waals surface area contributed by atoms with Gasteiger partial charge in [-0.05, 0) is 25.0 Å². The van der Waals surface area contributed by atoms with Gasteiger partial charge < -0.3 is 16.0 Å². The summed E-state index contributed by atoms with van der Waals surface area (Å²) in [4.78, 5) is 17.8. The largest absolute Gasteiger partial charge is 0.397 e. The first-order valence-corrected chi connectivity index (χ1v) is 6.78.